The first-order valence-corrected chi connectivity index (χ1v) is 8.91. The lowest BCUT2D eigenvalue weighted by atomic mass is 9.95. The van der Waals surface area contributed by atoms with Crippen molar-refractivity contribution in [1.29, 1.82) is 5.26 Å². The van der Waals surface area contributed by atoms with E-state index >= 15 is 0 Å². The molecule has 1 fully saturated rings. The number of aromatic nitrogens is 1. The fourth-order valence-corrected chi connectivity index (χ4v) is 3.28. The first-order valence-electron chi connectivity index (χ1n) is 8.53. The summed E-state index contributed by atoms with van der Waals surface area (Å²) in [4.78, 5) is 12.4. The third-order valence-corrected chi connectivity index (χ3v) is 4.73. The average Bonchev–Trinajstić information content (AvgIpc) is 3.09. The lowest BCUT2D eigenvalue weighted by molar-refractivity contribution is -0.117. The van der Waals surface area contributed by atoms with Gasteiger partial charge in [-0.2, -0.15) is 5.26 Å². The van der Waals surface area contributed by atoms with Gasteiger partial charge in [0.25, 0.3) is 5.91 Å². The number of nitrogens with one attached hydrogen (secondary N) is 1. The van der Waals surface area contributed by atoms with Gasteiger partial charge >= 0.3 is 0 Å². The third kappa shape index (κ3) is 4.32. The van der Waals surface area contributed by atoms with E-state index < -0.39 is 0 Å². The Morgan fingerprint density at radius 1 is 1.20 bits per heavy atom. The summed E-state index contributed by atoms with van der Waals surface area (Å²) in [6.45, 7) is 0. The van der Waals surface area contributed by atoms with Crippen molar-refractivity contribution < 1.29 is 4.79 Å². The van der Waals surface area contributed by atoms with Gasteiger partial charge in [-0.3, -0.25) is 4.79 Å². The number of hydrogen-bond donors (Lipinski definition) is 1. The zero-order valence-electron chi connectivity index (χ0n) is 13.9. The van der Waals surface area contributed by atoms with Crippen LogP contribution in [-0.2, 0) is 4.79 Å². The Labute approximate surface area is 152 Å². The minimum atomic E-state index is -0.293. The Hall–Kier alpha value is -2.51. The number of halogens is 1. The maximum absolute atomic E-state index is 12.4. The summed E-state index contributed by atoms with van der Waals surface area (Å²) < 4.78 is 1.92. The molecule has 128 valence electrons. The highest BCUT2D eigenvalue weighted by atomic mass is 35.5. The number of nitrogens with zero attached hydrogens (tertiary/aromatic N) is 2. The molecule has 0 radical (unpaired) electrons. The van der Waals surface area contributed by atoms with Crippen LogP contribution < -0.4 is 5.32 Å². The molecule has 4 nitrogen and oxygen atoms in total. The van der Waals surface area contributed by atoms with Crippen molar-refractivity contribution in [2.45, 2.75) is 38.1 Å². The van der Waals surface area contributed by atoms with Crippen molar-refractivity contribution in [3.63, 3.8) is 0 Å². The van der Waals surface area contributed by atoms with Gasteiger partial charge < -0.3 is 9.88 Å². The Balaban J connectivity index is 1.81. The van der Waals surface area contributed by atoms with E-state index in [0.717, 1.165) is 37.1 Å². The summed E-state index contributed by atoms with van der Waals surface area (Å²) in [5.41, 5.74) is 1.82. The van der Waals surface area contributed by atoms with Crippen LogP contribution in [0.1, 0.15) is 37.8 Å². The van der Waals surface area contributed by atoms with Gasteiger partial charge in [0.1, 0.15) is 11.6 Å². The molecule has 5 heteroatoms. The molecule has 2 aromatic rings. The van der Waals surface area contributed by atoms with Crippen LogP contribution in [0.25, 0.3) is 11.8 Å². The molecule has 3 rings (SSSR count). The molecule has 0 aliphatic heterocycles. The van der Waals surface area contributed by atoms with E-state index in [0.29, 0.717) is 5.02 Å². The van der Waals surface area contributed by atoms with E-state index in [1.807, 2.05) is 53.2 Å². The topological polar surface area (TPSA) is 57.8 Å². The number of rotatable bonds is 4. The Morgan fingerprint density at radius 2 is 1.92 bits per heavy atom. The van der Waals surface area contributed by atoms with Gasteiger partial charge in [-0.05, 0) is 55.3 Å². The third-order valence-electron chi connectivity index (χ3n) is 4.48. The molecule has 0 bridgehead atoms. The lowest BCUT2D eigenvalue weighted by Crippen LogP contribution is -2.36. The van der Waals surface area contributed by atoms with Gasteiger partial charge in [-0.15, -0.1) is 0 Å². The molecule has 0 atom stereocenters. The number of hydrogen-bond acceptors (Lipinski definition) is 2. The van der Waals surface area contributed by atoms with E-state index in [1.54, 1.807) is 6.08 Å². The van der Waals surface area contributed by atoms with Crippen LogP contribution in [0.4, 0.5) is 0 Å². The van der Waals surface area contributed by atoms with Crippen LogP contribution in [-0.4, -0.2) is 16.5 Å². The zero-order valence-corrected chi connectivity index (χ0v) is 14.7. The number of carbonyl (C=O) groups is 1. The minimum Gasteiger partial charge on any atom is -0.349 e. The second-order valence-electron chi connectivity index (χ2n) is 6.26. The van der Waals surface area contributed by atoms with E-state index in [4.69, 9.17) is 11.6 Å². The predicted octanol–water partition coefficient (Wildman–Crippen LogP) is 4.49. The molecule has 0 saturated heterocycles. The van der Waals surface area contributed by atoms with Gasteiger partial charge in [0.2, 0.25) is 0 Å². The Morgan fingerprint density at radius 3 is 2.60 bits per heavy atom. The second kappa shape index (κ2) is 8.04. The van der Waals surface area contributed by atoms with Gasteiger partial charge in [0.05, 0.1) is 0 Å². The van der Waals surface area contributed by atoms with E-state index in [1.165, 1.54) is 6.42 Å². The first-order chi connectivity index (χ1) is 12.2. The van der Waals surface area contributed by atoms with Crippen molar-refractivity contribution in [3.05, 3.63) is 58.9 Å². The maximum atomic E-state index is 12.4. The normalized spacial score (nSPS) is 15.6. The summed E-state index contributed by atoms with van der Waals surface area (Å²) in [6, 6.07) is 13.4. The van der Waals surface area contributed by atoms with Gasteiger partial charge in [-0.1, -0.05) is 30.9 Å². The minimum absolute atomic E-state index is 0.125. The molecule has 1 aromatic heterocycles. The Bertz CT molecular complexity index is 808. The molecular formula is C20H20ClN3O. The molecule has 1 saturated carbocycles. The first kappa shape index (κ1) is 17.3. The van der Waals surface area contributed by atoms with E-state index in [2.05, 4.69) is 5.32 Å². The summed E-state index contributed by atoms with van der Waals surface area (Å²) in [5.74, 6) is -0.293. The van der Waals surface area contributed by atoms with Crippen molar-refractivity contribution in [3.8, 4) is 11.8 Å². The van der Waals surface area contributed by atoms with E-state index in [9.17, 15) is 10.1 Å². The molecule has 1 aliphatic carbocycles. The predicted molar refractivity (Wildman–Crippen MR) is 99.4 cm³/mol. The molecule has 0 unspecified atom stereocenters. The average molecular weight is 354 g/mol. The molecule has 1 amide bonds. The largest absolute Gasteiger partial charge is 0.349 e. The molecular weight excluding hydrogens is 334 g/mol. The molecule has 0 spiro atoms. The standard InChI is InChI=1S/C20H20ClN3O/c21-16-8-10-18(11-9-16)24-12-4-7-19(24)13-15(14-22)20(25)23-17-5-2-1-3-6-17/h4,7-13,17H,1-3,5-6H2,(H,23,25)/b15-13+. The molecule has 1 N–H and O–H groups in total. The number of carbonyl (C=O) groups excluding carboxylic acids is 1. The van der Waals surface area contributed by atoms with Crippen molar-refractivity contribution in [1.82, 2.24) is 9.88 Å². The van der Waals surface area contributed by atoms with Crippen LogP contribution in [0.3, 0.4) is 0 Å². The number of nitriles is 1. The number of benzene rings is 1. The lowest BCUT2D eigenvalue weighted by Gasteiger charge is -2.22. The molecule has 1 aromatic carbocycles. The van der Waals surface area contributed by atoms with Crippen LogP contribution in [0.2, 0.25) is 5.02 Å². The SMILES string of the molecule is N#C/C(=C\c1cccn1-c1ccc(Cl)cc1)C(=O)NC1CCCCC1. The summed E-state index contributed by atoms with van der Waals surface area (Å²) in [7, 11) is 0. The highest BCUT2D eigenvalue weighted by molar-refractivity contribution is 6.30. The Kier molecular flexibility index (Phi) is 5.57. The summed E-state index contributed by atoms with van der Waals surface area (Å²) in [6.07, 6.45) is 9.00. The number of amides is 1. The van der Waals surface area contributed by atoms with Gasteiger partial charge in [0.15, 0.2) is 0 Å². The van der Waals surface area contributed by atoms with Crippen LogP contribution >= 0.6 is 11.6 Å². The molecule has 1 heterocycles. The van der Waals surface area contributed by atoms with Crippen LogP contribution in [0.5, 0.6) is 0 Å². The molecule has 1 aliphatic rings. The smallest absolute Gasteiger partial charge is 0.262 e. The maximum Gasteiger partial charge on any atom is 0.262 e. The van der Waals surface area contributed by atoms with E-state index in [-0.39, 0.29) is 17.5 Å². The summed E-state index contributed by atoms with van der Waals surface area (Å²) in [5, 5.41) is 13.1. The second-order valence-corrected chi connectivity index (χ2v) is 6.69. The zero-order chi connectivity index (χ0) is 17.6. The quantitative estimate of drug-likeness (QED) is 0.650. The van der Waals surface area contributed by atoms with Crippen molar-refractivity contribution in [2.75, 3.05) is 0 Å². The van der Waals surface area contributed by atoms with Crippen molar-refractivity contribution in [2.24, 2.45) is 0 Å². The molecule has 25 heavy (non-hydrogen) atoms. The highest BCUT2D eigenvalue weighted by Gasteiger charge is 2.18. The van der Waals surface area contributed by atoms with Crippen LogP contribution in [0, 0.1) is 11.3 Å². The van der Waals surface area contributed by atoms with Gasteiger partial charge in [0, 0.05) is 28.6 Å². The van der Waals surface area contributed by atoms with Crippen molar-refractivity contribution >= 4 is 23.6 Å². The fraction of sp³-hybridized carbons (Fsp3) is 0.300. The highest BCUT2D eigenvalue weighted by Crippen LogP contribution is 2.20. The van der Waals surface area contributed by atoms with Crippen LogP contribution in [0.15, 0.2) is 48.2 Å². The fourth-order valence-electron chi connectivity index (χ4n) is 3.16. The summed E-state index contributed by atoms with van der Waals surface area (Å²) >= 11 is 5.94. The monoisotopic (exact) mass is 353 g/mol. The van der Waals surface area contributed by atoms with Gasteiger partial charge in [-0.25, -0.2) is 0 Å².